The fourth-order valence-corrected chi connectivity index (χ4v) is 2.21. The Balaban J connectivity index is 1.81. The van der Waals surface area contributed by atoms with Crippen LogP contribution in [0.5, 0.6) is 0 Å². The Morgan fingerprint density at radius 2 is 2.21 bits per heavy atom. The first-order valence-electron chi connectivity index (χ1n) is 5.41. The lowest BCUT2D eigenvalue weighted by atomic mass is 10.1. The zero-order chi connectivity index (χ0) is 9.97. The third-order valence-corrected chi connectivity index (χ3v) is 3.20. The van der Waals surface area contributed by atoms with E-state index >= 15 is 0 Å². The van der Waals surface area contributed by atoms with Gasteiger partial charge in [0.05, 0.1) is 12.5 Å². The number of hydrogen-bond acceptors (Lipinski definition) is 3. The monoisotopic (exact) mass is 198 g/mol. The first-order valence-corrected chi connectivity index (χ1v) is 5.41. The van der Waals surface area contributed by atoms with Gasteiger partial charge in [-0.15, -0.1) is 0 Å². The number of rotatable bonds is 2. The minimum Gasteiger partial charge on any atom is -0.381 e. The van der Waals surface area contributed by atoms with E-state index in [1.807, 2.05) is 0 Å². The van der Waals surface area contributed by atoms with Crippen LogP contribution in [0.25, 0.3) is 0 Å². The van der Waals surface area contributed by atoms with E-state index < -0.39 is 0 Å². The minimum atomic E-state index is 0.0581. The molecule has 1 amide bonds. The first-order chi connectivity index (χ1) is 6.77. The molecule has 14 heavy (non-hydrogen) atoms. The topological polar surface area (TPSA) is 64.3 Å². The van der Waals surface area contributed by atoms with Crippen molar-refractivity contribution in [3.63, 3.8) is 0 Å². The average molecular weight is 198 g/mol. The van der Waals surface area contributed by atoms with Crippen molar-refractivity contribution >= 4 is 5.91 Å². The van der Waals surface area contributed by atoms with E-state index in [9.17, 15) is 4.79 Å². The Bertz CT molecular complexity index is 214. The lowest BCUT2D eigenvalue weighted by molar-refractivity contribution is -0.125. The highest BCUT2D eigenvalue weighted by molar-refractivity contribution is 5.79. The molecule has 1 saturated heterocycles. The quantitative estimate of drug-likeness (QED) is 0.657. The van der Waals surface area contributed by atoms with Gasteiger partial charge in [0.1, 0.15) is 0 Å². The minimum absolute atomic E-state index is 0.0581. The van der Waals surface area contributed by atoms with Gasteiger partial charge in [-0.3, -0.25) is 4.79 Å². The summed E-state index contributed by atoms with van der Waals surface area (Å²) in [6, 6.07) is 0.351. The van der Waals surface area contributed by atoms with Crippen LogP contribution in [0, 0.1) is 5.92 Å². The molecule has 3 N–H and O–H groups in total. The maximum atomic E-state index is 11.7. The highest BCUT2D eigenvalue weighted by Crippen LogP contribution is 2.19. The summed E-state index contributed by atoms with van der Waals surface area (Å²) in [5.41, 5.74) is 5.88. The number of nitrogens with one attached hydrogen (secondary N) is 1. The molecule has 1 aliphatic carbocycles. The normalized spacial score (nSPS) is 37.4. The van der Waals surface area contributed by atoms with Crippen LogP contribution in [0.2, 0.25) is 0 Å². The van der Waals surface area contributed by atoms with Crippen molar-refractivity contribution in [2.75, 3.05) is 13.2 Å². The third kappa shape index (κ3) is 2.07. The predicted octanol–water partition coefficient (Wildman–Crippen LogP) is 0.0189. The molecule has 0 aromatic rings. The van der Waals surface area contributed by atoms with Crippen molar-refractivity contribution in [2.24, 2.45) is 11.7 Å². The van der Waals surface area contributed by atoms with Crippen molar-refractivity contribution in [2.45, 2.75) is 37.8 Å². The Morgan fingerprint density at radius 1 is 1.36 bits per heavy atom. The van der Waals surface area contributed by atoms with Crippen molar-refractivity contribution in [1.82, 2.24) is 5.32 Å². The van der Waals surface area contributed by atoms with Crippen LogP contribution >= 0.6 is 0 Å². The molecule has 2 fully saturated rings. The predicted molar refractivity (Wildman–Crippen MR) is 52.7 cm³/mol. The van der Waals surface area contributed by atoms with Crippen LogP contribution in [-0.2, 0) is 9.53 Å². The van der Waals surface area contributed by atoms with E-state index in [-0.39, 0.29) is 23.9 Å². The Hall–Kier alpha value is -0.610. The molecule has 2 rings (SSSR count). The number of ether oxygens (including phenoxy) is 1. The standard InChI is InChI=1S/C10H18N2O2/c11-8-2-1-3-9(8)12-10(13)7-4-5-14-6-7/h7-9H,1-6,11H2,(H,12,13). The third-order valence-electron chi connectivity index (χ3n) is 3.20. The van der Waals surface area contributed by atoms with E-state index in [1.165, 1.54) is 0 Å². The van der Waals surface area contributed by atoms with Gasteiger partial charge in [-0.25, -0.2) is 0 Å². The summed E-state index contributed by atoms with van der Waals surface area (Å²) < 4.78 is 5.18. The average Bonchev–Trinajstić information content (AvgIpc) is 2.77. The van der Waals surface area contributed by atoms with E-state index in [4.69, 9.17) is 10.5 Å². The first kappa shape index (κ1) is 9.93. The van der Waals surface area contributed by atoms with Gasteiger partial charge in [-0.05, 0) is 25.7 Å². The lowest BCUT2D eigenvalue weighted by Gasteiger charge is -2.19. The maximum absolute atomic E-state index is 11.7. The summed E-state index contributed by atoms with van der Waals surface area (Å²) in [6.07, 6.45) is 4.05. The van der Waals surface area contributed by atoms with Gasteiger partial charge in [-0.1, -0.05) is 0 Å². The van der Waals surface area contributed by atoms with Crippen molar-refractivity contribution < 1.29 is 9.53 Å². The van der Waals surface area contributed by atoms with E-state index in [1.54, 1.807) is 0 Å². The highest BCUT2D eigenvalue weighted by atomic mass is 16.5. The molecule has 1 saturated carbocycles. The van der Waals surface area contributed by atoms with Crippen molar-refractivity contribution in [3.05, 3.63) is 0 Å². The Kier molecular flexibility index (Phi) is 3.03. The summed E-state index contributed by atoms with van der Waals surface area (Å²) in [4.78, 5) is 11.7. The number of amides is 1. The Labute approximate surface area is 84.2 Å². The molecule has 0 aromatic heterocycles. The maximum Gasteiger partial charge on any atom is 0.225 e. The summed E-state index contributed by atoms with van der Waals surface area (Å²) in [7, 11) is 0. The molecule has 1 aliphatic heterocycles. The summed E-state index contributed by atoms with van der Waals surface area (Å²) in [6.45, 7) is 1.29. The highest BCUT2D eigenvalue weighted by Gasteiger charge is 2.29. The molecule has 3 atom stereocenters. The fraction of sp³-hybridized carbons (Fsp3) is 0.900. The smallest absolute Gasteiger partial charge is 0.225 e. The van der Waals surface area contributed by atoms with Crippen molar-refractivity contribution in [1.29, 1.82) is 0 Å². The number of nitrogens with two attached hydrogens (primary N) is 1. The summed E-state index contributed by atoms with van der Waals surface area (Å²) >= 11 is 0. The zero-order valence-electron chi connectivity index (χ0n) is 8.37. The molecular weight excluding hydrogens is 180 g/mol. The second-order valence-electron chi connectivity index (χ2n) is 4.27. The molecule has 0 radical (unpaired) electrons. The SMILES string of the molecule is NC1CCCC1NC(=O)C1CCOC1. The zero-order valence-corrected chi connectivity index (χ0v) is 8.37. The van der Waals surface area contributed by atoms with Gasteiger partial charge in [-0.2, -0.15) is 0 Å². The summed E-state index contributed by atoms with van der Waals surface area (Å²) in [5.74, 6) is 0.188. The van der Waals surface area contributed by atoms with Gasteiger partial charge in [0, 0.05) is 18.7 Å². The number of hydrogen-bond donors (Lipinski definition) is 2. The number of carbonyl (C=O) groups is 1. The molecule has 0 aromatic carbocycles. The van der Waals surface area contributed by atoms with E-state index in [0.717, 1.165) is 32.3 Å². The molecule has 0 bridgehead atoms. The van der Waals surface area contributed by atoms with Gasteiger partial charge in [0.15, 0.2) is 0 Å². The molecule has 2 aliphatic rings. The summed E-state index contributed by atoms with van der Waals surface area (Å²) in [5, 5.41) is 3.03. The van der Waals surface area contributed by atoms with Gasteiger partial charge < -0.3 is 15.8 Å². The number of carbonyl (C=O) groups excluding carboxylic acids is 1. The van der Waals surface area contributed by atoms with Crippen LogP contribution in [0.4, 0.5) is 0 Å². The van der Waals surface area contributed by atoms with Gasteiger partial charge in [0.25, 0.3) is 0 Å². The van der Waals surface area contributed by atoms with Crippen LogP contribution in [-0.4, -0.2) is 31.2 Å². The largest absolute Gasteiger partial charge is 0.381 e. The molecule has 1 heterocycles. The van der Waals surface area contributed by atoms with E-state index in [0.29, 0.717) is 6.61 Å². The van der Waals surface area contributed by atoms with Crippen LogP contribution < -0.4 is 11.1 Å². The molecule has 4 heteroatoms. The van der Waals surface area contributed by atoms with Crippen LogP contribution in [0.15, 0.2) is 0 Å². The second-order valence-corrected chi connectivity index (χ2v) is 4.27. The fourth-order valence-electron chi connectivity index (χ4n) is 2.21. The van der Waals surface area contributed by atoms with Crippen LogP contribution in [0.1, 0.15) is 25.7 Å². The van der Waals surface area contributed by atoms with Gasteiger partial charge >= 0.3 is 0 Å². The molecule has 0 spiro atoms. The molecule has 3 unspecified atom stereocenters. The van der Waals surface area contributed by atoms with Gasteiger partial charge in [0.2, 0.25) is 5.91 Å². The molecule has 80 valence electrons. The molecular formula is C10H18N2O2. The second kappa shape index (κ2) is 4.28. The Morgan fingerprint density at radius 3 is 2.79 bits per heavy atom. The van der Waals surface area contributed by atoms with E-state index in [2.05, 4.69) is 5.32 Å². The van der Waals surface area contributed by atoms with Crippen molar-refractivity contribution in [3.8, 4) is 0 Å². The lowest BCUT2D eigenvalue weighted by Crippen LogP contribution is -2.46. The van der Waals surface area contributed by atoms with Crippen LogP contribution in [0.3, 0.4) is 0 Å². The molecule has 4 nitrogen and oxygen atoms in total.